The zero-order chi connectivity index (χ0) is 21.2. The van der Waals surface area contributed by atoms with E-state index in [9.17, 15) is 9.59 Å². The van der Waals surface area contributed by atoms with E-state index in [0.717, 1.165) is 0 Å². The molecule has 0 saturated carbocycles. The number of carbonyl (C=O) groups is 2. The van der Waals surface area contributed by atoms with E-state index in [1.54, 1.807) is 30.3 Å². The van der Waals surface area contributed by atoms with Crippen molar-refractivity contribution >= 4 is 29.1 Å². The molecule has 0 aromatic heterocycles. The minimum Gasteiger partial charge on any atom is -0.495 e. The molecule has 0 fully saturated rings. The molecule has 2 rings (SSSR count). The summed E-state index contributed by atoms with van der Waals surface area (Å²) in [6.07, 6.45) is 0.695. The molecular weight excluding hydrogens is 396 g/mol. The number of benzene rings is 2. The summed E-state index contributed by atoms with van der Waals surface area (Å²) in [6.45, 7) is 2.69. The number of ether oxygens (including phenoxy) is 3. The van der Waals surface area contributed by atoms with Crippen molar-refractivity contribution in [2.45, 2.75) is 19.8 Å². The van der Waals surface area contributed by atoms with Crippen LogP contribution in [0.25, 0.3) is 0 Å². The summed E-state index contributed by atoms with van der Waals surface area (Å²) in [6, 6.07) is 10.2. The molecule has 0 spiro atoms. The van der Waals surface area contributed by atoms with Gasteiger partial charge in [0.15, 0.2) is 0 Å². The maximum Gasteiger partial charge on any atom is 0.255 e. The van der Waals surface area contributed by atoms with E-state index in [1.807, 2.05) is 13.0 Å². The van der Waals surface area contributed by atoms with Crippen LogP contribution in [0.3, 0.4) is 0 Å². The fraction of sp³-hybridized carbons (Fsp3) is 0.333. The zero-order valence-corrected chi connectivity index (χ0v) is 17.5. The Bertz CT molecular complexity index is 857. The second kappa shape index (κ2) is 11.2. The van der Waals surface area contributed by atoms with Gasteiger partial charge in [0.1, 0.15) is 17.2 Å². The summed E-state index contributed by atoms with van der Waals surface area (Å²) in [5.41, 5.74) is 0.925. The number of carbonyl (C=O) groups excluding carboxylic acids is 2. The Morgan fingerprint density at radius 3 is 2.45 bits per heavy atom. The highest BCUT2D eigenvalue weighted by Crippen LogP contribution is 2.35. The first kappa shape index (κ1) is 22.4. The lowest BCUT2D eigenvalue weighted by atomic mass is 10.2. The van der Waals surface area contributed by atoms with Gasteiger partial charge < -0.3 is 24.8 Å². The molecule has 0 heterocycles. The Hall–Kier alpha value is -2.93. The minimum absolute atomic E-state index is 0.214. The number of hydrogen-bond donors (Lipinski definition) is 2. The van der Waals surface area contributed by atoms with E-state index in [2.05, 4.69) is 10.6 Å². The van der Waals surface area contributed by atoms with Gasteiger partial charge in [0, 0.05) is 19.0 Å². The largest absolute Gasteiger partial charge is 0.495 e. The van der Waals surface area contributed by atoms with Gasteiger partial charge in [0.05, 0.1) is 37.1 Å². The van der Waals surface area contributed by atoms with Crippen LogP contribution in [0.15, 0.2) is 36.4 Å². The molecule has 0 atom stereocenters. The fourth-order valence-electron chi connectivity index (χ4n) is 2.65. The molecule has 2 aromatic rings. The number of halogens is 1. The number of para-hydroxylation sites is 1. The van der Waals surface area contributed by atoms with Gasteiger partial charge in [-0.25, -0.2) is 0 Å². The van der Waals surface area contributed by atoms with Gasteiger partial charge >= 0.3 is 0 Å². The monoisotopic (exact) mass is 420 g/mol. The predicted molar refractivity (Wildman–Crippen MR) is 112 cm³/mol. The molecule has 29 heavy (non-hydrogen) atoms. The molecule has 7 nitrogen and oxygen atoms in total. The average molecular weight is 421 g/mol. The smallest absolute Gasteiger partial charge is 0.255 e. The van der Waals surface area contributed by atoms with Crippen LogP contribution in [0.1, 0.15) is 30.1 Å². The quantitative estimate of drug-likeness (QED) is 0.569. The molecule has 0 aliphatic heterocycles. The Labute approximate surface area is 175 Å². The van der Waals surface area contributed by atoms with Crippen molar-refractivity contribution in [3.8, 4) is 17.2 Å². The SMILES string of the molecule is CCOc1ccccc1C(=O)NCCCC(=O)Nc1cc(Cl)c(OC)cc1OC. The molecule has 0 unspecified atom stereocenters. The number of rotatable bonds is 10. The van der Waals surface area contributed by atoms with E-state index in [1.165, 1.54) is 14.2 Å². The molecule has 2 amide bonds. The second-order valence-corrected chi connectivity index (χ2v) is 6.43. The molecular formula is C21H25ClN2O5. The van der Waals surface area contributed by atoms with Gasteiger partial charge in [-0.2, -0.15) is 0 Å². The van der Waals surface area contributed by atoms with Crippen molar-refractivity contribution in [2.24, 2.45) is 0 Å². The first-order valence-electron chi connectivity index (χ1n) is 9.21. The van der Waals surface area contributed by atoms with Crippen LogP contribution < -0.4 is 24.8 Å². The van der Waals surface area contributed by atoms with Crippen molar-refractivity contribution in [3.63, 3.8) is 0 Å². The third-order valence-electron chi connectivity index (χ3n) is 4.05. The molecule has 0 bridgehead atoms. The third kappa shape index (κ3) is 6.29. The predicted octanol–water partition coefficient (Wildman–Crippen LogP) is 3.90. The molecule has 2 aromatic carbocycles. The van der Waals surface area contributed by atoms with E-state index < -0.39 is 0 Å². The summed E-state index contributed by atoms with van der Waals surface area (Å²) in [7, 11) is 2.99. The third-order valence-corrected chi connectivity index (χ3v) is 4.34. The number of methoxy groups -OCH3 is 2. The fourth-order valence-corrected chi connectivity index (χ4v) is 2.89. The van der Waals surface area contributed by atoms with Crippen LogP contribution in [-0.4, -0.2) is 39.2 Å². The van der Waals surface area contributed by atoms with E-state index in [0.29, 0.717) is 53.1 Å². The summed E-state index contributed by atoms with van der Waals surface area (Å²) in [5, 5.41) is 5.93. The molecule has 0 aliphatic rings. The van der Waals surface area contributed by atoms with Gasteiger partial charge in [-0.05, 0) is 31.5 Å². The maximum atomic E-state index is 12.3. The molecule has 8 heteroatoms. The first-order valence-corrected chi connectivity index (χ1v) is 9.59. The van der Waals surface area contributed by atoms with Crippen molar-refractivity contribution < 1.29 is 23.8 Å². The van der Waals surface area contributed by atoms with Crippen LogP contribution in [0.5, 0.6) is 17.2 Å². The normalized spacial score (nSPS) is 10.2. The van der Waals surface area contributed by atoms with Crippen LogP contribution in [0.2, 0.25) is 5.02 Å². The highest BCUT2D eigenvalue weighted by Gasteiger charge is 2.14. The second-order valence-electron chi connectivity index (χ2n) is 6.02. The Kier molecular flexibility index (Phi) is 8.61. The lowest BCUT2D eigenvalue weighted by molar-refractivity contribution is -0.116. The van der Waals surface area contributed by atoms with E-state index >= 15 is 0 Å². The maximum absolute atomic E-state index is 12.3. The Morgan fingerprint density at radius 1 is 1.03 bits per heavy atom. The average Bonchev–Trinajstić information content (AvgIpc) is 2.72. The Balaban J connectivity index is 1.85. The van der Waals surface area contributed by atoms with E-state index in [4.69, 9.17) is 25.8 Å². The van der Waals surface area contributed by atoms with Crippen molar-refractivity contribution in [1.29, 1.82) is 0 Å². The van der Waals surface area contributed by atoms with E-state index in [-0.39, 0.29) is 18.2 Å². The van der Waals surface area contributed by atoms with Gasteiger partial charge in [0.2, 0.25) is 5.91 Å². The van der Waals surface area contributed by atoms with Gasteiger partial charge in [-0.1, -0.05) is 23.7 Å². The lowest BCUT2D eigenvalue weighted by Crippen LogP contribution is -2.26. The molecule has 0 aliphatic carbocycles. The van der Waals surface area contributed by atoms with Crippen LogP contribution in [0, 0.1) is 0 Å². The molecule has 156 valence electrons. The lowest BCUT2D eigenvalue weighted by Gasteiger charge is -2.13. The van der Waals surface area contributed by atoms with Crippen LogP contribution in [-0.2, 0) is 4.79 Å². The Morgan fingerprint density at radius 2 is 1.76 bits per heavy atom. The number of anilines is 1. The molecule has 0 radical (unpaired) electrons. The summed E-state index contributed by atoms with van der Waals surface area (Å²) in [4.78, 5) is 24.5. The van der Waals surface area contributed by atoms with Crippen LogP contribution in [0.4, 0.5) is 5.69 Å². The zero-order valence-electron chi connectivity index (χ0n) is 16.7. The topological polar surface area (TPSA) is 85.9 Å². The standard InChI is InChI=1S/C21H25ClN2O5/c1-4-29-17-9-6-5-8-14(17)21(26)23-11-7-10-20(25)24-16-12-15(22)18(27-2)13-19(16)28-3/h5-6,8-9,12-13H,4,7,10-11H2,1-3H3,(H,23,26)(H,24,25). The summed E-state index contributed by atoms with van der Waals surface area (Å²) in [5.74, 6) is 0.984. The van der Waals surface area contributed by atoms with Crippen LogP contribution >= 0.6 is 11.6 Å². The van der Waals surface area contributed by atoms with Gasteiger partial charge in [0.25, 0.3) is 5.91 Å². The highest BCUT2D eigenvalue weighted by molar-refractivity contribution is 6.32. The molecule has 2 N–H and O–H groups in total. The highest BCUT2D eigenvalue weighted by atomic mass is 35.5. The first-order chi connectivity index (χ1) is 14.0. The van der Waals surface area contributed by atoms with Crippen molar-refractivity contribution in [1.82, 2.24) is 5.32 Å². The van der Waals surface area contributed by atoms with Gasteiger partial charge in [-0.15, -0.1) is 0 Å². The molecule has 0 saturated heterocycles. The van der Waals surface area contributed by atoms with Crippen molar-refractivity contribution in [3.05, 3.63) is 47.0 Å². The minimum atomic E-state index is -0.238. The number of nitrogens with one attached hydrogen (secondary N) is 2. The number of hydrogen-bond acceptors (Lipinski definition) is 5. The summed E-state index contributed by atoms with van der Waals surface area (Å²) >= 11 is 6.11. The van der Waals surface area contributed by atoms with Gasteiger partial charge in [-0.3, -0.25) is 9.59 Å². The van der Waals surface area contributed by atoms with Crippen molar-refractivity contribution in [2.75, 3.05) is 32.7 Å². The summed E-state index contributed by atoms with van der Waals surface area (Å²) < 4.78 is 15.9. The number of amides is 2.